The monoisotopic (exact) mass is 321 g/mol. The van der Waals surface area contributed by atoms with Crippen LogP contribution in [0.1, 0.15) is 11.1 Å². The molecular formula is C20H19NO3. The number of aromatic hydroxyl groups is 2. The first kappa shape index (κ1) is 15.7. The zero-order valence-corrected chi connectivity index (χ0v) is 13.6. The number of phenolic OH excluding ortho intramolecular Hbond substituents is 2. The van der Waals surface area contributed by atoms with Crippen LogP contribution in [0.5, 0.6) is 17.2 Å². The predicted octanol–water partition coefficient (Wildman–Crippen LogP) is 4.17. The average molecular weight is 321 g/mol. The number of hydrogen-bond donors (Lipinski definition) is 2. The Morgan fingerprint density at radius 2 is 1.83 bits per heavy atom. The van der Waals surface area contributed by atoms with Gasteiger partial charge in [0.15, 0.2) is 11.5 Å². The van der Waals surface area contributed by atoms with Gasteiger partial charge in [-0.2, -0.15) is 0 Å². The minimum Gasteiger partial charge on any atom is -0.504 e. The van der Waals surface area contributed by atoms with Crippen LogP contribution in [-0.2, 0) is 0 Å². The van der Waals surface area contributed by atoms with Crippen LogP contribution in [0.15, 0.2) is 60.9 Å². The summed E-state index contributed by atoms with van der Waals surface area (Å²) in [6, 6.07) is 10.8. The fourth-order valence-corrected chi connectivity index (χ4v) is 2.45. The Balaban J connectivity index is 1.86. The van der Waals surface area contributed by atoms with E-state index in [9.17, 15) is 10.2 Å². The molecular weight excluding hydrogens is 302 g/mol. The van der Waals surface area contributed by atoms with Crippen LogP contribution in [0.2, 0.25) is 0 Å². The highest BCUT2D eigenvalue weighted by atomic mass is 16.5. The van der Waals surface area contributed by atoms with E-state index in [1.54, 1.807) is 12.3 Å². The zero-order valence-electron chi connectivity index (χ0n) is 13.6. The average Bonchev–Trinajstić information content (AvgIpc) is 2.57. The van der Waals surface area contributed by atoms with E-state index in [4.69, 9.17) is 4.74 Å². The maximum absolute atomic E-state index is 9.52. The maximum atomic E-state index is 9.52. The van der Waals surface area contributed by atoms with Crippen LogP contribution >= 0.6 is 0 Å². The fraction of sp³-hybridized carbons (Fsp3) is 0.100. The third-order valence-corrected chi connectivity index (χ3v) is 3.80. The molecule has 2 aromatic carbocycles. The van der Waals surface area contributed by atoms with E-state index < -0.39 is 0 Å². The molecule has 0 saturated heterocycles. The van der Waals surface area contributed by atoms with Gasteiger partial charge in [0.05, 0.1) is 6.26 Å². The number of anilines is 1. The standard InChI is InChI=1S/C20H19NO3/c1-21(2)16-7-8-17-15(10-11-24-20(17)13-16)5-3-4-14-6-9-18(22)19(23)12-14/h3-13,22-23H,1-2H3/b4-3+,15-5+. The molecule has 0 saturated carbocycles. The molecule has 0 amide bonds. The highest BCUT2D eigenvalue weighted by molar-refractivity contribution is 5.82. The Hall–Kier alpha value is -3.14. The third-order valence-electron chi connectivity index (χ3n) is 3.80. The Morgan fingerprint density at radius 1 is 1.00 bits per heavy atom. The molecule has 1 aliphatic heterocycles. The summed E-state index contributed by atoms with van der Waals surface area (Å²) in [6.07, 6.45) is 9.34. The van der Waals surface area contributed by atoms with E-state index in [1.165, 1.54) is 12.1 Å². The Morgan fingerprint density at radius 3 is 2.58 bits per heavy atom. The van der Waals surface area contributed by atoms with Crippen LogP contribution in [0, 0.1) is 0 Å². The van der Waals surface area contributed by atoms with Crippen molar-refractivity contribution in [2.45, 2.75) is 0 Å². The van der Waals surface area contributed by atoms with Crippen molar-refractivity contribution in [3.05, 3.63) is 72.0 Å². The van der Waals surface area contributed by atoms with Crippen LogP contribution in [0.4, 0.5) is 5.69 Å². The summed E-state index contributed by atoms with van der Waals surface area (Å²) < 4.78 is 5.61. The summed E-state index contributed by atoms with van der Waals surface area (Å²) in [7, 11) is 3.99. The fourth-order valence-electron chi connectivity index (χ4n) is 2.45. The molecule has 0 radical (unpaired) electrons. The molecule has 2 N–H and O–H groups in total. The smallest absolute Gasteiger partial charge is 0.157 e. The van der Waals surface area contributed by atoms with Gasteiger partial charge >= 0.3 is 0 Å². The first-order chi connectivity index (χ1) is 11.5. The molecule has 0 spiro atoms. The van der Waals surface area contributed by atoms with Crippen molar-refractivity contribution in [3.63, 3.8) is 0 Å². The summed E-state index contributed by atoms with van der Waals surface area (Å²) in [4.78, 5) is 2.03. The maximum Gasteiger partial charge on any atom is 0.157 e. The van der Waals surface area contributed by atoms with Crippen molar-refractivity contribution in [2.24, 2.45) is 0 Å². The number of rotatable bonds is 3. The largest absolute Gasteiger partial charge is 0.504 e. The van der Waals surface area contributed by atoms with Gasteiger partial charge in [-0.25, -0.2) is 0 Å². The lowest BCUT2D eigenvalue weighted by Crippen LogP contribution is -2.09. The van der Waals surface area contributed by atoms with E-state index in [-0.39, 0.29) is 11.5 Å². The lowest BCUT2D eigenvalue weighted by molar-refractivity contribution is 0.403. The molecule has 0 unspecified atom stereocenters. The van der Waals surface area contributed by atoms with E-state index in [0.29, 0.717) is 0 Å². The molecule has 122 valence electrons. The minimum absolute atomic E-state index is 0.122. The highest BCUT2D eigenvalue weighted by Gasteiger charge is 2.12. The summed E-state index contributed by atoms with van der Waals surface area (Å²) in [5, 5.41) is 18.8. The predicted molar refractivity (Wildman–Crippen MR) is 97.3 cm³/mol. The first-order valence-electron chi connectivity index (χ1n) is 7.60. The topological polar surface area (TPSA) is 52.9 Å². The summed E-state index contributed by atoms with van der Waals surface area (Å²) in [5.74, 6) is 0.575. The van der Waals surface area contributed by atoms with Crippen molar-refractivity contribution >= 4 is 17.3 Å². The number of allylic oxidation sites excluding steroid dienone is 4. The number of phenols is 2. The van der Waals surface area contributed by atoms with Gasteiger partial charge in [-0.1, -0.05) is 24.3 Å². The second-order valence-corrected chi connectivity index (χ2v) is 5.72. The molecule has 0 aromatic heterocycles. The van der Waals surface area contributed by atoms with E-state index >= 15 is 0 Å². The second-order valence-electron chi connectivity index (χ2n) is 5.72. The van der Waals surface area contributed by atoms with Gasteiger partial charge in [-0.15, -0.1) is 0 Å². The van der Waals surface area contributed by atoms with Crippen molar-refractivity contribution in [1.82, 2.24) is 0 Å². The molecule has 0 aliphatic carbocycles. The molecule has 3 rings (SSSR count). The summed E-state index contributed by atoms with van der Waals surface area (Å²) in [5.41, 5.74) is 3.96. The number of nitrogens with zero attached hydrogens (tertiary/aromatic N) is 1. The summed E-state index contributed by atoms with van der Waals surface area (Å²) in [6.45, 7) is 0. The normalized spacial score (nSPS) is 14.7. The molecule has 0 bridgehead atoms. The van der Waals surface area contributed by atoms with Crippen LogP contribution in [0.25, 0.3) is 11.6 Å². The number of benzene rings is 2. The number of hydrogen-bond acceptors (Lipinski definition) is 4. The van der Waals surface area contributed by atoms with Gasteiger partial charge in [0.1, 0.15) is 5.75 Å². The van der Waals surface area contributed by atoms with Gasteiger partial charge in [-0.3, -0.25) is 0 Å². The van der Waals surface area contributed by atoms with Crippen LogP contribution in [0.3, 0.4) is 0 Å². The second kappa shape index (κ2) is 6.54. The first-order valence-corrected chi connectivity index (χ1v) is 7.60. The third kappa shape index (κ3) is 3.27. The molecule has 1 heterocycles. The zero-order chi connectivity index (χ0) is 17.1. The lowest BCUT2D eigenvalue weighted by Gasteiger charge is -2.18. The Bertz CT molecular complexity index is 848. The SMILES string of the molecule is CN(C)c1ccc2c(c1)OC=C/C2=C\C=C\c1ccc(O)c(O)c1. The number of ether oxygens (including phenoxy) is 1. The molecule has 2 aromatic rings. The van der Waals surface area contributed by atoms with Crippen molar-refractivity contribution < 1.29 is 14.9 Å². The molecule has 0 atom stereocenters. The molecule has 4 heteroatoms. The minimum atomic E-state index is -0.127. The van der Waals surface area contributed by atoms with Gasteiger partial charge in [0.2, 0.25) is 0 Å². The Kier molecular flexibility index (Phi) is 4.29. The van der Waals surface area contributed by atoms with Crippen molar-refractivity contribution in [1.29, 1.82) is 0 Å². The molecule has 0 fully saturated rings. The number of fused-ring (bicyclic) bond motifs is 1. The van der Waals surface area contributed by atoms with E-state index in [1.807, 2.05) is 55.4 Å². The van der Waals surface area contributed by atoms with Crippen molar-refractivity contribution in [3.8, 4) is 17.2 Å². The van der Waals surface area contributed by atoms with E-state index in [2.05, 4.69) is 6.07 Å². The lowest BCUT2D eigenvalue weighted by atomic mass is 10.0. The van der Waals surface area contributed by atoms with Crippen LogP contribution < -0.4 is 9.64 Å². The molecule has 1 aliphatic rings. The summed E-state index contributed by atoms with van der Waals surface area (Å²) >= 11 is 0. The van der Waals surface area contributed by atoms with E-state index in [0.717, 1.165) is 28.1 Å². The van der Waals surface area contributed by atoms with Gasteiger partial charge in [0.25, 0.3) is 0 Å². The van der Waals surface area contributed by atoms with Crippen molar-refractivity contribution in [2.75, 3.05) is 19.0 Å². The van der Waals surface area contributed by atoms with Gasteiger partial charge in [0, 0.05) is 31.4 Å². The Labute approximate surface area is 141 Å². The quantitative estimate of drug-likeness (QED) is 0.833. The van der Waals surface area contributed by atoms with Gasteiger partial charge < -0.3 is 19.8 Å². The molecule has 24 heavy (non-hydrogen) atoms. The van der Waals surface area contributed by atoms with Crippen LogP contribution in [-0.4, -0.2) is 24.3 Å². The molecule has 4 nitrogen and oxygen atoms in total. The highest BCUT2D eigenvalue weighted by Crippen LogP contribution is 2.34. The van der Waals surface area contributed by atoms with Gasteiger partial charge in [-0.05, 0) is 41.5 Å².